The Kier molecular flexibility index (Phi) is 5.11. The first-order chi connectivity index (χ1) is 12.8. The van der Waals surface area contributed by atoms with Crippen LogP contribution in [0.4, 0.5) is 10.5 Å². The van der Waals surface area contributed by atoms with Crippen LogP contribution >= 0.6 is 0 Å². The molecule has 8 heteroatoms. The van der Waals surface area contributed by atoms with Crippen LogP contribution in [0.3, 0.4) is 0 Å². The third kappa shape index (κ3) is 3.76. The minimum Gasteiger partial charge on any atom is -0.458 e. The standard InChI is InChI=1S/C19H18N2O5S/c1-3-26-18(22)16-17(13-8-5-4-6-9-13)21(19(23)20-16)14-10-7-11-15(12-14)27(2,24)25/h4-12H,3H2,1-2H3,(H,20,23)/p+1. The number of amides is 2. The Bertz CT molecular complexity index is 1030. The molecule has 2 amide bonds. The van der Waals surface area contributed by atoms with Gasteiger partial charge in [0.1, 0.15) is 5.70 Å². The molecule has 1 aliphatic heterocycles. The molecule has 0 saturated carbocycles. The van der Waals surface area contributed by atoms with Crippen LogP contribution in [0.5, 0.6) is 0 Å². The van der Waals surface area contributed by atoms with Crippen molar-refractivity contribution in [2.24, 2.45) is 0 Å². The van der Waals surface area contributed by atoms with Crippen molar-refractivity contribution < 1.29 is 28.1 Å². The molecule has 0 spiro atoms. The number of nitrogens with two attached hydrogens (primary N) is 1. The number of urea groups is 1. The van der Waals surface area contributed by atoms with E-state index in [1.807, 2.05) is 6.07 Å². The van der Waals surface area contributed by atoms with E-state index in [9.17, 15) is 18.0 Å². The average Bonchev–Trinajstić information content (AvgIpc) is 2.99. The molecule has 0 aromatic heterocycles. The highest BCUT2D eigenvalue weighted by molar-refractivity contribution is 7.90. The van der Waals surface area contributed by atoms with Gasteiger partial charge in [0.05, 0.1) is 17.2 Å². The van der Waals surface area contributed by atoms with E-state index in [-0.39, 0.29) is 17.2 Å². The summed E-state index contributed by atoms with van der Waals surface area (Å²) in [5.74, 6) is -0.605. The van der Waals surface area contributed by atoms with Gasteiger partial charge >= 0.3 is 12.0 Å². The van der Waals surface area contributed by atoms with Crippen LogP contribution < -0.4 is 10.2 Å². The van der Waals surface area contributed by atoms with Gasteiger partial charge in [-0.15, -0.1) is 0 Å². The summed E-state index contributed by atoms with van der Waals surface area (Å²) in [5.41, 5.74) is 1.51. The van der Waals surface area contributed by atoms with Gasteiger partial charge in [-0.05, 0) is 25.1 Å². The lowest BCUT2D eigenvalue weighted by Gasteiger charge is -2.17. The molecule has 7 nitrogen and oxygen atoms in total. The Morgan fingerprint density at radius 1 is 1.11 bits per heavy atom. The van der Waals surface area contributed by atoms with Gasteiger partial charge in [-0.1, -0.05) is 36.4 Å². The fraction of sp³-hybridized carbons (Fsp3) is 0.158. The highest BCUT2D eigenvalue weighted by atomic mass is 32.2. The third-order valence-corrected chi connectivity index (χ3v) is 5.12. The van der Waals surface area contributed by atoms with Crippen LogP contribution in [0.15, 0.2) is 65.2 Å². The van der Waals surface area contributed by atoms with Crippen LogP contribution in [-0.2, 0) is 19.4 Å². The molecule has 140 valence electrons. The molecule has 0 fully saturated rings. The van der Waals surface area contributed by atoms with Gasteiger partial charge in [0, 0.05) is 11.8 Å². The largest absolute Gasteiger partial charge is 0.458 e. The van der Waals surface area contributed by atoms with E-state index in [1.54, 1.807) is 43.3 Å². The maximum absolute atomic E-state index is 12.7. The van der Waals surface area contributed by atoms with Crippen LogP contribution in [0.1, 0.15) is 12.5 Å². The van der Waals surface area contributed by atoms with Crippen molar-refractivity contribution in [2.75, 3.05) is 17.8 Å². The fourth-order valence-corrected chi connectivity index (χ4v) is 3.50. The molecule has 0 unspecified atom stereocenters. The lowest BCUT2D eigenvalue weighted by atomic mass is 10.1. The molecule has 0 aliphatic carbocycles. The van der Waals surface area contributed by atoms with Crippen molar-refractivity contribution in [2.45, 2.75) is 11.8 Å². The topological polar surface area (TPSA) is 97.4 Å². The smallest absolute Gasteiger partial charge is 0.430 e. The van der Waals surface area contributed by atoms with E-state index in [2.05, 4.69) is 0 Å². The molecule has 0 bridgehead atoms. The van der Waals surface area contributed by atoms with Gasteiger partial charge in [-0.2, -0.15) is 0 Å². The second kappa shape index (κ2) is 7.34. The molecule has 0 atom stereocenters. The van der Waals surface area contributed by atoms with Crippen LogP contribution in [0, 0.1) is 0 Å². The van der Waals surface area contributed by atoms with E-state index < -0.39 is 21.8 Å². The number of ether oxygens (including phenoxy) is 1. The van der Waals surface area contributed by atoms with Gasteiger partial charge in [0.15, 0.2) is 9.84 Å². The zero-order valence-corrected chi connectivity index (χ0v) is 15.7. The molecule has 1 heterocycles. The molecule has 0 saturated heterocycles. The van der Waals surface area contributed by atoms with Crippen molar-refractivity contribution in [3.8, 4) is 0 Å². The van der Waals surface area contributed by atoms with E-state index >= 15 is 0 Å². The second-order valence-corrected chi connectivity index (χ2v) is 7.95. The molecular formula is C19H19N2O5S+. The number of anilines is 1. The van der Waals surface area contributed by atoms with Crippen molar-refractivity contribution in [1.82, 2.24) is 0 Å². The Morgan fingerprint density at radius 3 is 2.44 bits per heavy atom. The number of primary amides is 1. The summed E-state index contributed by atoms with van der Waals surface area (Å²) < 4.78 is 28.9. The number of benzene rings is 2. The maximum atomic E-state index is 12.7. The number of hydrogen-bond acceptors (Lipinski definition) is 5. The van der Waals surface area contributed by atoms with Crippen LogP contribution in [0.2, 0.25) is 0 Å². The average molecular weight is 387 g/mol. The van der Waals surface area contributed by atoms with E-state index in [0.717, 1.165) is 6.26 Å². The first-order valence-electron chi connectivity index (χ1n) is 8.28. The van der Waals surface area contributed by atoms with Gasteiger partial charge in [-0.3, -0.25) is 0 Å². The third-order valence-electron chi connectivity index (χ3n) is 4.01. The van der Waals surface area contributed by atoms with Gasteiger partial charge < -0.3 is 4.74 Å². The highest BCUT2D eigenvalue weighted by Gasteiger charge is 2.41. The Labute approximate surface area is 157 Å². The van der Waals surface area contributed by atoms with Crippen molar-refractivity contribution in [3.63, 3.8) is 0 Å². The highest BCUT2D eigenvalue weighted by Crippen LogP contribution is 2.31. The number of quaternary nitrogens is 1. The van der Waals surface area contributed by atoms with E-state index in [1.165, 1.54) is 22.3 Å². The zero-order chi connectivity index (χ0) is 19.6. The number of carbonyl (C=O) groups excluding carboxylic acids is 2. The summed E-state index contributed by atoms with van der Waals surface area (Å²) in [6.07, 6.45) is 1.10. The van der Waals surface area contributed by atoms with Crippen LogP contribution in [-0.4, -0.2) is 33.3 Å². The normalized spacial score (nSPS) is 14.6. The SMILES string of the molecule is CCOC(=O)C1=C(c2ccccc2)N(c2cccc(S(C)(=O)=O)c2)C(=O)[NH2+]1. The molecule has 2 aromatic carbocycles. The molecular weight excluding hydrogens is 368 g/mol. The first-order valence-corrected chi connectivity index (χ1v) is 10.2. The lowest BCUT2D eigenvalue weighted by molar-refractivity contribution is -0.489. The van der Waals surface area contributed by atoms with Gasteiger partial charge in [0.2, 0.25) is 5.70 Å². The summed E-state index contributed by atoms with van der Waals surface area (Å²) in [4.78, 5) is 26.5. The van der Waals surface area contributed by atoms with Crippen molar-refractivity contribution >= 4 is 33.2 Å². The molecule has 0 radical (unpaired) electrons. The minimum absolute atomic E-state index is 0.0878. The molecule has 2 aromatic rings. The molecule has 3 rings (SSSR count). The predicted molar refractivity (Wildman–Crippen MR) is 99.3 cm³/mol. The van der Waals surface area contributed by atoms with Gasteiger partial charge in [-0.25, -0.2) is 28.2 Å². The number of nitrogens with zero attached hydrogens (tertiary/aromatic N) is 1. The summed E-state index contributed by atoms with van der Waals surface area (Å²) in [7, 11) is -3.45. The molecule has 1 aliphatic rings. The number of carbonyl (C=O) groups is 2. The number of esters is 1. The number of sulfone groups is 1. The number of rotatable bonds is 5. The zero-order valence-electron chi connectivity index (χ0n) is 14.9. The van der Waals surface area contributed by atoms with E-state index in [0.29, 0.717) is 16.9 Å². The quantitative estimate of drug-likeness (QED) is 0.785. The Hall–Kier alpha value is -2.97. The Morgan fingerprint density at radius 2 is 1.81 bits per heavy atom. The van der Waals surface area contributed by atoms with E-state index in [4.69, 9.17) is 4.74 Å². The summed E-state index contributed by atoms with van der Waals surface area (Å²) in [6, 6.07) is 14.6. The minimum atomic E-state index is -3.45. The maximum Gasteiger partial charge on any atom is 0.430 e. The number of hydrogen-bond donors (Lipinski definition) is 1. The van der Waals surface area contributed by atoms with Crippen LogP contribution in [0.25, 0.3) is 5.70 Å². The Balaban J connectivity index is 2.19. The van der Waals surface area contributed by atoms with Gasteiger partial charge in [0.25, 0.3) is 0 Å². The van der Waals surface area contributed by atoms with Crippen molar-refractivity contribution in [1.29, 1.82) is 0 Å². The summed E-state index contributed by atoms with van der Waals surface area (Å²) in [6.45, 7) is 1.86. The fourth-order valence-electron chi connectivity index (χ4n) is 2.84. The second-order valence-electron chi connectivity index (χ2n) is 5.94. The first kappa shape index (κ1) is 18.8. The summed E-state index contributed by atoms with van der Waals surface area (Å²) in [5, 5.41) is 1.22. The lowest BCUT2D eigenvalue weighted by Crippen LogP contribution is -2.86. The summed E-state index contributed by atoms with van der Waals surface area (Å²) >= 11 is 0. The predicted octanol–water partition coefficient (Wildman–Crippen LogP) is 1.53. The molecule has 27 heavy (non-hydrogen) atoms. The monoisotopic (exact) mass is 387 g/mol. The van der Waals surface area contributed by atoms with Crippen molar-refractivity contribution in [3.05, 3.63) is 65.9 Å². The molecule has 2 N–H and O–H groups in total.